The highest BCUT2D eigenvalue weighted by atomic mass is 16.5. The fourth-order valence-corrected chi connectivity index (χ4v) is 3.21. The van der Waals surface area contributed by atoms with E-state index in [4.69, 9.17) is 4.74 Å². The number of aromatic nitrogens is 2. The van der Waals surface area contributed by atoms with E-state index in [0.717, 1.165) is 52.1 Å². The largest absolute Gasteiger partial charge is 0.381 e. The van der Waals surface area contributed by atoms with Gasteiger partial charge >= 0.3 is 6.03 Å². The molecule has 2 aliphatic heterocycles. The molecule has 1 atom stereocenters. The Morgan fingerprint density at radius 3 is 3.09 bits per heavy atom. The van der Waals surface area contributed by atoms with Crippen LogP contribution in [0.15, 0.2) is 12.3 Å². The molecule has 1 N–H and O–H groups in total. The van der Waals surface area contributed by atoms with E-state index in [2.05, 4.69) is 24.3 Å². The van der Waals surface area contributed by atoms with Crippen LogP contribution in [0.3, 0.4) is 0 Å². The van der Waals surface area contributed by atoms with Crippen LogP contribution in [0.1, 0.15) is 33.1 Å². The minimum Gasteiger partial charge on any atom is -0.381 e. The van der Waals surface area contributed by atoms with Gasteiger partial charge in [-0.25, -0.2) is 4.79 Å². The predicted molar refractivity (Wildman–Crippen MR) is 84.8 cm³/mol. The second-order valence-electron chi connectivity index (χ2n) is 7.05. The molecule has 2 aliphatic rings. The summed E-state index contributed by atoms with van der Waals surface area (Å²) in [5.74, 6) is 1.29. The van der Waals surface area contributed by atoms with Crippen molar-refractivity contribution in [2.75, 3.05) is 31.6 Å². The maximum absolute atomic E-state index is 12.4. The van der Waals surface area contributed by atoms with Crippen LogP contribution in [-0.2, 0) is 11.3 Å². The Balaban J connectivity index is 1.51. The predicted octanol–water partition coefficient (Wildman–Crippen LogP) is 2.57. The molecule has 6 nitrogen and oxygen atoms in total. The third-order valence-electron chi connectivity index (χ3n) is 4.72. The number of carbonyl (C=O) groups is 1. The van der Waals surface area contributed by atoms with Gasteiger partial charge in [0.2, 0.25) is 0 Å². The average molecular weight is 306 g/mol. The molecule has 22 heavy (non-hydrogen) atoms. The van der Waals surface area contributed by atoms with Gasteiger partial charge in [-0.05, 0) is 25.2 Å². The number of nitrogens with one attached hydrogen (secondary N) is 1. The molecule has 3 rings (SSSR count). The number of likely N-dealkylation sites (tertiary alicyclic amines) is 1. The maximum Gasteiger partial charge on any atom is 0.323 e. The lowest BCUT2D eigenvalue weighted by Crippen LogP contribution is -2.35. The van der Waals surface area contributed by atoms with Crippen molar-refractivity contribution in [2.24, 2.45) is 11.3 Å². The lowest BCUT2D eigenvalue weighted by atomic mass is 9.87. The molecule has 0 aromatic carbocycles. The van der Waals surface area contributed by atoms with E-state index >= 15 is 0 Å². The van der Waals surface area contributed by atoms with Crippen LogP contribution in [0, 0.1) is 11.3 Å². The highest BCUT2D eigenvalue weighted by molar-refractivity contribution is 5.88. The summed E-state index contributed by atoms with van der Waals surface area (Å²) in [4.78, 5) is 14.2. The highest BCUT2D eigenvalue weighted by Crippen LogP contribution is 2.38. The Bertz CT molecular complexity index is 520. The summed E-state index contributed by atoms with van der Waals surface area (Å²) in [6, 6.07) is 1.82. The van der Waals surface area contributed by atoms with Crippen molar-refractivity contribution in [1.82, 2.24) is 14.7 Å². The molecule has 1 spiro atoms. The molecular formula is C16H26N4O2. The number of nitrogens with zero attached hydrogens (tertiary/aromatic N) is 3. The number of urea groups is 1. The van der Waals surface area contributed by atoms with Gasteiger partial charge in [-0.15, -0.1) is 0 Å². The summed E-state index contributed by atoms with van der Waals surface area (Å²) in [6.07, 6.45) is 5.13. The van der Waals surface area contributed by atoms with Gasteiger partial charge in [-0.2, -0.15) is 5.10 Å². The van der Waals surface area contributed by atoms with E-state index in [9.17, 15) is 4.79 Å². The standard InChI is InChI=1S/C16H26N4O2/c1-13(2)3-7-20-8-4-14(18-20)17-15(21)19-9-5-16(11-19)6-10-22-12-16/h4,8,13H,3,5-7,9-12H2,1-2H3,(H,17,18,21). The van der Waals surface area contributed by atoms with E-state index in [-0.39, 0.29) is 11.4 Å². The quantitative estimate of drug-likeness (QED) is 0.930. The van der Waals surface area contributed by atoms with Crippen molar-refractivity contribution in [1.29, 1.82) is 0 Å². The zero-order valence-electron chi connectivity index (χ0n) is 13.5. The number of hydrogen-bond donors (Lipinski definition) is 1. The van der Waals surface area contributed by atoms with E-state index in [1.54, 1.807) is 0 Å². The maximum atomic E-state index is 12.4. The van der Waals surface area contributed by atoms with Crippen molar-refractivity contribution in [3.8, 4) is 0 Å². The summed E-state index contributed by atoms with van der Waals surface area (Å²) < 4.78 is 7.40. The van der Waals surface area contributed by atoms with Crippen LogP contribution in [0.4, 0.5) is 10.6 Å². The first-order valence-electron chi connectivity index (χ1n) is 8.23. The molecule has 2 amide bonds. The summed E-state index contributed by atoms with van der Waals surface area (Å²) in [6.45, 7) is 8.51. The van der Waals surface area contributed by atoms with Crippen LogP contribution in [0.5, 0.6) is 0 Å². The van der Waals surface area contributed by atoms with E-state index < -0.39 is 0 Å². The van der Waals surface area contributed by atoms with E-state index in [1.807, 2.05) is 21.8 Å². The van der Waals surface area contributed by atoms with Crippen LogP contribution in [0.2, 0.25) is 0 Å². The number of aryl methyl sites for hydroxylation is 1. The molecule has 2 saturated heterocycles. The number of amides is 2. The van der Waals surface area contributed by atoms with E-state index in [1.165, 1.54) is 0 Å². The Hall–Kier alpha value is -1.56. The fraction of sp³-hybridized carbons (Fsp3) is 0.750. The van der Waals surface area contributed by atoms with E-state index in [0.29, 0.717) is 11.7 Å². The lowest BCUT2D eigenvalue weighted by Gasteiger charge is -2.21. The van der Waals surface area contributed by atoms with Gasteiger partial charge in [0, 0.05) is 43.9 Å². The van der Waals surface area contributed by atoms with Crippen LogP contribution in [-0.4, -0.2) is 47.0 Å². The molecule has 0 bridgehead atoms. The Morgan fingerprint density at radius 1 is 1.50 bits per heavy atom. The topological polar surface area (TPSA) is 59.4 Å². The monoisotopic (exact) mass is 306 g/mol. The highest BCUT2D eigenvalue weighted by Gasteiger charge is 2.42. The second-order valence-corrected chi connectivity index (χ2v) is 7.05. The molecule has 122 valence electrons. The second kappa shape index (κ2) is 6.28. The van der Waals surface area contributed by atoms with Gasteiger partial charge in [-0.3, -0.25) is 10.00 Å². The first-order valence-corrected chi connectivity index (χ1v) is 8.23. The van der Waals surface area contributed by atoms with Crippen LogP contribution < -0.4 is 5.32 Å². The molecule has 6 heteroatoms. The van der Waals surface area contributed by atoms with Crippen LogP contribution in [0.25, 0.3) is 0 Å². The van der Waals surface area contributed by atoms with Gasteiger partial charge < -0.3 is 9.64 Å². The first-order chi connectivity index (χ1) is 10.6. The smallest absolute Gasteiger partial charge is 0.323 e. The minimum atomic E-state index is -0.0436. The third kappa shape index (κ3) is 3.43. The number of carbonyl (C=O) groups excluding carboxylic acids is 1. The molecule has 1 aromatic rings. The number of hydrogen-bond acceptors (Lipinski definition) is 3. The molecule has 1 aromatic heterocycles. The normalized spacial score (nSPS) is 24.6. The summed E-state index contributed by atoms with van der Waals surface area (Å²) >= 11 is 0. The summed E-state index contributed by atoms with van der Waals surface area (Å²) in [5, 5.41) is 7.33. The number of anilines is 1. The van der Waals surface area contributed by atoms with Crippen LogP contribution >= 0.6 is 0 Å². The SMILES string of the molecule is CC(C)CCn1ccc(NC(=O)N2CCC3(CCOC3)C2)n1. The number of ether oxygens (including phenoxy) is 1. The van der Waals surface area contributed by atoms with Gasteiger partial charge in [0.15, 0.2) is 5.82 Å². The van der Waals surface area contributed by atoms with Crippen molar-refractivity contribution in [3.63, 3.8) is 0 Å². The Kier molecular flexibility index (Phi) is 4.38. The van der Waals surface area contributed by atoms with Gasteiger partial charge in [-0.1, -0.05) is 13.8 Å². The molecular weight excluding hydrogens is 280 g/mol. The molecule has 0 aliphatic carbocycles. The minimum absolute atomic E-state index is 0.0436. The summed E-state index contributed by atoms with van der Waals surface area (Å²) in [7, 11) is 0. The zero-order valence-corrected chi connectivity index (χ0v) is 13.5. The van der Waals surface area contributed by atoms with Gasteiger partial charge in [0.05, 0.1) is 6.61 Å². The van der Waals surface area contributed by atoms with Gasteiger partial charge in [0.1, 0.15) is 0 Å². The molecule has 0 saturated carbocycles. The zero-order chi connectivity index (χ0) is 15.6. The summed E-state index contributed by atoms with van der Waals surface area (Å²) in [5.41, 5.74) is 0.202. The van der Waals surface area contributed by atoms with Crippen molar-refractivity contribution in [2.45, 2.75) is 39.7 Å². The fourth-order valence-electron chi connectivity index (χ4n) is 3.21. The average Bonchev–Trinajstić information content (AvgIpc) is 3.20. The lowest BCUT2D eigenvalue weighted by molar-refractivity contribution is 0.154. The molecule has 0 radical (unpaired) electrons. The molecule has 2 fully saturated rings. The van der Waals surface area contributed by atoms with Crippen molar-refractivity contribution >= 4 is 11.8 Å². The number of rotatable bonds is 4. The van der Waals surface area contributed by atoms with Gasteiger partial charge in [0.25, 0.3) is 0 Å². The third-order valence-corrected chi connectivity index (χ3v) is 4.72. The Morgan fingerprint density at radius 2 is 2.36 bits per heavy atom. The Labute approximate surface area is 131 Å². The van der Waals surface area contributed by atoms with Crippen molar-refractivity contribution < 1.29 is 9.53 Å². The molecule has 3 heterocycles. The van der Waals surface area contributed by atoms with Crippen molar-refractivity contribution in [3.05, 3.63) is 12.3 Å². The molecule has 1 unspecified atom stereocenters. The first kappa shape index (κ1) is 15.3.